The van der Waals surface area contributed by atoms with Crippen LogP contribution in [-0.4, -0.2) is 31.0 Å². The van der Waals surface area contributed by atoms with Crippen molar-refractivity contribution in [3.05, 3.63) is 54.1 Å². The van der Waals surface area contributed by atoms with Gasteiger partial charge in [0.1, 0.15) is 5.75 Å². The molecule has 7 heteroatoms. The van der Waals surface area contributed by atoms with E-state index in [0.717, 1.165) is 5.56 Å². The fourth-order valence-electron chi connectivity index (χ4n) is 3.06. The smallest absolute Gasteiger partial charge is 0.263 e. The summed E-state index contributed by atoms with van der Waals surface area (Å²) in [4.78, 5) is 26.8. The summed E-state index contributed by atoms with van der Waals surface area (Å²) in [6.45, 7) is 1.95. The average molecular weight is 336 g/mol. The van der Waals surface area contributed by atoms with Gasteiger partial charge in [0.15, 0.2) is 12.1 Å². The first-order valence-corrected chi connectivity index (χ1v) is 7.88. The van der Waals surface area contributed by atoms with E-state index in [1.54, 1.807) is 43.5 Å². The molecule has 7 nitrogen and oxygen atoms in total. The van der Waals surface area contributed by atoms with Crippen LogP contribution in [0.5, 0.6) is 5.75 Å². The first kappa shape index (κ1) is 15.3. The van der Waals surface area contributed by atoms with Crippen molar-refractivity contribution in [2.24, 2.45) is 10.3 Å². The fraction of sp³-hybridized carbons (Fsp3) is 0.222. The van der Waals surface area contributed by atoms with E-state index in [0.29, 0.717) is 17.1 Å². The fourth-order valence-corrected chi connectivity index (χ4v) is 3.06. The SMILES string of the molecule is COc1ccc(N2N=NC3C(=O)N(c4ccc(C)cc4)C(=O)C32)cc1. The van der Waals surface area contributed by atoms with Gasteiger partial charge in [-0.1, -0.05) is 22.9 Å². The van der Waals surface area contributed by atoms with Gasteiger partial charge in [0, 0.05) is 0 Å². The lowest BCUT2D eigenvalue weighted by molar-refractivity contribution is -0.121. The molecule has 2 atom stereocenters. The minimum Gasteiger partial charge on any atom is -0.497 e. The summed E-state index contributed by atoms with van der Waals surface area (Å²) in [6, 6.07) is 12.8. The molecule has 0 saturated carbocycles. The highest BCUT2D eigenvalue weighted by Gasteiger charge is 2.55. The van der Waals surface area contributed by atoms with Crippen LogP contribution in [0, 0.1) is 6.92 Å². The maximum atomic E-state index is 12.9. The summed E-state index contributed by atoms with van der Waals surface area (Å²) in [5.41, 5.74) is 2.30. The van der Waals surface area contributed by atoms with Crippen LogP contribution in [0.4, 0.5) is 11.4 Å². The number of hydrogen-bond donors (Lipinski definition) is 0. The lowest BCUT2D eigenvalue weighted by atomic mass is 10.1. The quantitative estimate of drug-likeness (QED) is 0.807. The second-order valence-electron chi connectivity index (χ2n) is 5.98. The Morgan fingerprint density at radius 1 is 0.920 bits per heavy atom. The third kappa shape index (κ3) is 2.36. The Hall–Kier alpha value is -3.22. The van der Waals surface area contributed by atoms with Gasteiger partial charge >= 0.3 is 0 Å². The minimum atomic E-state index is -0.809. The van der Waals surface area contributed by atoms with E-state index in [4.69, 9.17) is 4.74 Å². The molecule has 2 amide bonds. The van der Waals surface area contributed by atoms with Crippen LogP contribution in [0.15, 0.2) is 58.9 Å². The molecule has 126 valence electrons. The average Bonchev–Trinajstić information content (AvgIpc) is 3.17. The van der Waals surface area contributed by atoms with Crippen LogP contribution in [0.25, 0.3) is 0 Å². The van der Waals surface area contributed by atoms with E-state index in [1.165, 1.54) is 9.91 Å². The number of anilines is 2. The lowest BCUT2D eigenvalue weighted by Gasteiger charge is -2.20. The number of methoxy groups -OCH3 is 1. The van der Waals surface area contributed by atoms with Gasteiger partial charge in [-0.25, -0.2) is 9.91 Å². The molecule has 0 aromatic heterocycles. The number of carbonyl (C=O) groups is 2. The Balaban J connectivity index is 1.66. The Kier molecular flexibility index (Phi) is 3.49. The first-order valence-electron chi connectivity index (χ1n) is 7.88. The molecule has 1 saturated heterocycles. The number of hydrogen-bond acceptors (Lipinski definition) is 6. The summed E-state index contributed by atoms with van der Waals surface area (Å²) in [7, 11) is 1.58. The Bertz CT molecular complexity index is 861. The molecule has 4 rings (SSSR count). The van der Waals surface area contributed by atoms with E-state index >= 15 is 0 Å². The van der Waals surface area contributed by atoms with Crippen LogP contribution in [0.1, 0.15) is 5.56 Å². The number of imide groups is 1. The maximum absolute atomic E-state index is 12.9. The second kappa shape index (κ2) is 5.70. The predicted molar refractivity (Wildman–Crippen MR) is 91.6 cm³/mol. The number of benzene rings is 2. The molecule has 2 aromatic rings. The molecule has 2 aliphatic rings. The van der Waals surface area contributed by atoms with Crippen molar-refractivity contribution < 1.29 is 14.3 Å². The third-order valence-corrected chi connectivity index (χ3v) is 4.41. The molecule has 2 aromatic carbocycles. The standard InChI is InChI=1S/C18H16N4O3/c1-11-3-5-12(6-4-11)21-17(23)15-16(18(21)24)22(20-19-15)13-7-9-14(25-2)10-8-13/h3-10,15-16H,1-2H3. The molecule has 0 radical (unpaired) electrons. The molecule has 0 N–H and O–H groups in total. The normalized spacial score (nSPS) is 21.8. The van der Waals surface area contributed by atoms with Gasteiger partial charge in [0.05, 0.1) is 18.5 Å². The highest BCUT2D eigenvalue weighted by Crippen LogP contribution is 2.35. The molecule has 0 spiro atoms. The monoisotopic (exact) mass is 336 g/mol. The van der Waals surface area contributed by atoms with Gasteiger partial charge in [0.25, 0.3) is 11.8 Å². The van der Waals surface area contributed by atoms with Crippen molar-refractivity contribution in [2.75, 3.05) is 17.0 Å². The topological polar surface area (TPSA) is 74.6 Å². The first-order chi connectivity index (χ1) is 12.1. The van der Waals surface area contributed by atoms with Crippen molar-refractivity contribution in [3.8, 4) is 5.75 Å². The minimum absolute atomic E-state index is 0.320. The molecule has 2 unspecified atom stereocenters. The Morgan fingerprint density at radius 3 is 2.20 bits per heavy atom. The number of ether oxygens (including phenoxy) is 1. The number of nitrogens with zero attached hydrogens (tertiary/aromatic N) is 4. The summed E-state index contributed by atoms with van der Waals surface area (Å²) in [6.07, 6.45) is 0. The van der Waals surface area contributed by atoms with Crippen LogP contribution < -0.4 is 14.6 Å². The summed E-state index contributed by atoms with van der Waals surface area (Å²) < 4.78 is 5.14. The summed E-state index contributed by atoms with van der Waals surface area (Å²) in [5, 5.41) is 9.57. The molecular formula is C18H16N4O3. The van der Waals surface area contributed by atoms with E-state index in [9.17, 15) is 9.59 Å². The van der Waals surface area contributed by atoms with E-state index < -0.39 is 12.1 Å². The van der Waals surface area contributed by atoms with Crippen molar-refractivity contribution in [1.82, 2.24) is 0 Å². The van der Waals surface area contributed by atoms with Crippen molar-refractivity contribution >= 4 is 23.2 Å². The molecule has 0 aliphatic carbocycles. The zero-order valence-electron chi connectivity index (χ0n) is 13.8. The van der Waals surface area contributed by atoms with Crippen molar-refractivity contribution in [3.63, 3.8) is 0 Å². The lowest BCUT2D eigenvalue weighted by Crippen LogP contribution is -2.39. The van der Waals surface area contributed by atoms with Crippen LogP contribution in [0.2, 0.25) is 0 Å². The second-order valence-corrected chi connectivity index (χ2v) is 5.98. The number of amides is 2. The van der Waals surface area contributed by atoms with Gasteiger partial charge in [-0.05, 0) is 43.3 Å². The highest BCUT2D eigenvalue weighted by atomic mass is 16.5. The van der Waals surface area contributed by atoms with Crippen LogP contribution >= 0.6 is 0 Å². The van der Waals surface area contributed by atoms with E-state index in [1.807, 2.05) is 19.1 Å². The Labute approximate surface area is 144 Å². The summed E-state index contributed by atoms with van der Waals surface area (Å²) in [5.74, 6) is 0.0322. The summed E-state index contributed by atoms with van der Waals surface area (Å²) >= 11 is 0. The zero-order valence-corrected chi connectivity index (χ0v) is 13.8. The molecule has 25 heavy (non-hydrogen) atoms. The number of aryl methyl sites for hydroxylation is 1. The van der Waals surface area contributed by atoms with Crippen molar-refractivity contribution in [1.29, 1.82) is 0 Å². The molecule has 2 heterocycles. The van der Waals surface area contributed by atoms with Crippen LogP contribution in [-0.2, 0) is 9.59 Å². The van der Waals surface area contributed by atoms with E-state index in [2.05, 4.69) is 10.3 Å². The molecule has 2 aliphatic heterocycles. The van der Waals surface area contributed by atoms with Gasteiger partial charge in [-0.15, -0.1) is 0 Å². The Morgan fingerprint density at radius 2 is 1.56 bits per heavy atom. The predicted octanol–water partition coefficient (Wildman–Crippen LogP) is 2.50. The number of carbonyl (C=O) groups excluding carboxylic acids is 2. The largest absolute Gasteiger partial charge is 0.497 e. The highest BCUT2D eigenvalue weighted by molar-refractivity contribution is 6.26. The van der Waals surface area contributed by atoms with Gasteiger partial charge < -0.3 is 4.74 Å². The molecule has 0 bridgehead atoms. The molecular weight excluding hydrogens is 320 g/mol. The maximum Gasteiger partial charge on any atom is 0.263 e. The van der Waals surface area contributed by atoms with Crippen LogP contribution in [0.3, 0.4) is 0 Å². The van der Waals surface area contributed by atoms with Gasteiger partial charge in [-0.2, -0.15) is 5.11 Å². The van der Waals surface area contributed by atoms with Gasteiger partial charge in [-0.3, -0.25) is 9.59 Å². The van der Waals surface area contributed by atoms with Crippen molar-refractivity contribution in [2.45, 2.75) is 19.0 Å². The van der Waals surface area contributed by atoms with Gasteiger partial charge in [0.2, 0.25) is 0 Å². The third-order valence-electron chi connectivity index (χ3n) is 4.41. The molecule has 1 fully saturated rings. The zero-order chi connectivity index (χ0) is 17.6. The van der Waals surface area contributed by atoms with E-state index in [-0.39, 0.29) is 11.8 Å². The number of fused-ring (bicyclic) bond motifs is 1. The number of rotatable bonds is 3.